The summed E-state index contributed by atoms with van der Waals surface area (Å²) in [5.74, 6) is 2.36. The van der Waals surface area contributed by atoms with Gasteiger partial charge < -0.3 is 9.32 Å². The van der Waals surface area contributed by atoms with Gasteiger partial charge in [-0.25, -0.2) is 0 Å². The number of benzene rings is 1. The lowest BCUT2D eigenvalue weighted by atomic mass is 10.2. The fourth-order valence-corrected chi connectivity index (χ4v) is 2.98. The second kappa shape index (κ2) is 7.37. The first-order valence-electron chi connectivity index (χ1n) is 7.69. The van der Waals surface area contributed by atoms with E-state index in [0.29, 0.717) is 12.0 Å². The molecule has 2 aromatic heterocycles. The van der Waals surface area contributed by atoms with E-state index >= 15 is 0 Å². The number of para-hydroxylation sites is 1. The Morgan fingerprint density at radius 2 is 2.04 bits per heavy atom. The van der Waals surface area contributed by atoms with E-state index in [2.05, 4.69) is 46.1 Å². The number of furan rings is 1. The van der Waals surface area contributed by atoms with Gasteiger partial charge in [-0.3, -0.25) is 5.10 Å². The van der Waals surface area contributed by atoms with E-state index in [-0.39, 0.29) is 0 Å². The Balaban J connectivity index is 1.77. The fourth-order valence-electron chi connectivity index (χ4n) is 2.28. The van der Waals surface area contributed by atoms with Crippen molar-refractivity contribution in [3.05, 3.63) is 54.5 Å². The SMILES string of the molecule is CCC(C)N(c1ccccc1)c1n[nH]c(SCc2ccco2)n1. The number of nitrogens with zero attached hydrogens (tertiary/aromatic N) is 3. The Morgan fingerprint density at radius 1 is 1.22 bits per heavy atom. The molecule has 0 amide bonds. The molecule has 1 N–H and O–H groups in total. The zero-order valence-electron chi connectivity index (χ0n) is 13.3. The smallest absolute Gasteiger partial charge is 0.250 e. The van der Waals surface area contributed by atoms with Gasteiger partial charge in [0.2, 0.25) is 5.95 Å². The van der Waals surface area contributed by atoms with Gasteiger partial charge in [0.15, 0.2) is 5.16 Å². The van der Waals surface area contributed by atoms with E-state index < -0.39 is 0 Å². The quantitative estimate of drug-likeness (QED) is 0.641. The first-order valence-corrected chi connectivity index (χ1v) is 8.68. The van der Waals surface area contributed by atoms with E-state index in [1.54, 1.807) is 18.0 Å². The first kappa shape index (κ1) is 15.7. The second-order valence-electron chi connectivity index (χ2n) is 5.27. The number of anilines is 2. The average molecular weight is 328 g/mol. The van der Waals surface area contributed by atoms with Crippen LogP contribution >= 0.6 is 11.8 Å². The van der Waals surface area contributed by atoms with Crippen LogP contribution in [0.1, 0.15) is 26.0 Å². The van der Waals surface area contributed by atoms with Crippen LogP contribution in [-0.4, -0.2) is 21.2 Å². The van der Waals surface area contributed by atoms with Gasteiger partial charge in [-0.15, -0.1) is 5.10 Å². The molecule has 0 aliphatic carbocycles. The molecular formula is C17H20N4OS. The molecule has 0 aliphatic rings. The number of hydrogen-bond donors (Lipinski definition) is 1. The van der Waals surface area contributed by atoms with Crippen molar-refractivity contribution in [2.75, 3.05) is 4.90 Å². The predicted molar refractivity (Wildman–Crippen MR) is 93.0 cm³/mol. The first-order chi connectivity index (χ1) is 11.3. The summed E-state index contributed by atoms with van der Waals surface area (Å²) in [6.07, 6.45) is 2.69. The Labute approximate surface area is 140 Å². The van der Waals surface area contributed by atoms with Gasteiger partial charge in [-0.1, -0.05) is 36.9 Å². The van der Waals surface area contributed by atoms with E-state index in [0.717, 1.165) is 28.8 Å². The summed E-state index contributed by atoms with van der Waals surface area (Å²) >= 11 is 1.58. The number of nitrogens with one attached hydrogen (secondary N) is 1. The van der Waals surface area contributed by atoms with Crippen molar-refractivity contribution < 1.29 is 4.42 Å². The highest BCUT2D eigenvalue weighted by Crippen LogP contribution is 2.28. The Bertz CT molecular complexity index is 711. The maximum absolute atomic E-state index is 5.34. The number of aromatic nitrogens is 3. The van der Waals surface area contributed by atoms with Gasteiger partial charge in [0.05, 0.1) is 12.0 Å². The van der Waals surface area contributed by atoms with Crippen molar-refractivity contribution in [2.45, 2.75) is 37.2 Å². The van der Waals surface area contributed by atoms with Crippen molar-refractivity contribution in [1.82, 2.24) is 15.2 Å². The summed E-state index contributed by atoms with van der Waals surface area (Å²) < 4.78 is 5.34. The Morgan fingerprint density at radius 3 is 2.74 bits per heavy atom. The monoisotopic (exact) mass is 328 g/mol. The van der Waals surface area contributed by atoms with Crippen LogP contribution < -0.4 is 4.90 Å². The van der Waals surface area contributed by atoms with E-state index in [4.69, 9.17) is 4.42 Å². The third-order valence-electron chi connectivity index (χ3n) is 3.67. The molecule has 1 atom stereocenters. The molecule has 0 radical (unpaired) electrons. The molecule has 1 unspecified atom stereocenters. The fraction of sp³-hybridized carbons (Fsp3) is 0.294. The number of H-pyrrole nitrogens is 1. The summed E-state index contributed by atoms with van der Waals surface area (Å²) in [5, 5.41) is 8.21. The van der Waals surface area contributed by atoms with Gasteiger partial charge >= 0.3 is 0 Å². The van der Waals surface area contributed by atoms with Gasteiger partial charge in [0.1, 0.15) is 5.76 Å². The summed E-state index contributed by atoms with van der Waals surface area (Å²) in [6.45, 7) is 4.35. The van der Waals surface area contributed by atoms with E-state index in [9.17, 15) is 0 Å². The molecule has 5 nitrogen and oxygen atoms in total. The Hall–Kier alpha value is -2.21. The number of rotatable bonds is 7. The Kier molecular flexibility index (Phi) is 5.02. The lowest BCUT2D eigenvalue weighted by molar-refractivity contribution is 0.530. The van der Waals surface area contributed by atoms with Gasteiger partial charge in [0, 0.05) is 11.7 Å². The van der Waals surface area contributed by atoms with E-state index in [1.807, 2.05) is 30.3 Å². The molecule has 0 aliphatic heterocycles. The summed E-state index contributed by atoms with van der Waals surface area (Å²) in [4.78, 5) is 6.80. The zero-order valence-corrected chi connectivity index (χ0v) is 14.1. The molecule has 1 aromatic carbocycles. The average Bonchev–Trinajstić information content (AvgIpc) is 3.26. The van der Waals surface area contributed by atoms with Crippen LogP contribution in [0.2, 0.25) is 0 Å². The second-order valence-corrected chi connectivity index (χ2v) is 6.24. The molecular weight excluding hydrogens is 308 g/mol. The van der Waals surface area contributed by atoms with Crippen LogP contribution in [0.15, 0.2) is 58.3 Å². The number of hydrogen-bond acceptors (Lipinski definition) is 5. The van der Waals surface area contributed by atoms with Crippen molar-refractivity contribution >= 4 is 23.4 Å². The maximum Gasteiger partial charge on any atom is 0.250 e. The minimum atomic E-state index is 0.316. The van der Waals surface area contributed by atoms with Gasteiger partial charge in [-0.2, -0.15) is 4.98 Å². The highest BCUT2D eigenvalue weighted by Gasteiger charge is 2.19. The molecule has 0 spiro atoms. The third kappa shape index (κ3) is 3.76. The molecule has 2 heterocycles. The van der Waals surface area contributed by atoms with E-state index in [1.165, 1.54) is 0 Å². The topological polar surface area (TPSA) is 58.0 Å². The summed E-state index contributed by atoms with van der Waals surface area (Å²) in [7, 11) is 0. The minimum Gasteiger partial charge on any atom is -0.468 e. The number of aromatic amines is 1. The van der Waals surface area contributed by atoms with Crippen molar-refractivity contribution in [3.63, 3.8) is 0 Å². The van der Waals surface area contributed by atoms with Crippen molar-refractivity contribution in [3.8, 4) is 0 Å². The van der Waals surface area contributed by atoms with Crippen molar-refractivity contribution in [2.24, 2.45) is 0 Å². The molecule has 0 bridgehead atoms. The molecule has 0 saturated heterocycles. The van der Waals surface area contributed by atoms with Crippen LogP contribution in [-0.2, 0) is 5.75 Å². The van der Waals surface area contributed by atoms with Crippen LogP contribution in [0.5, 0.6) is 0 Å². The van der Waals surface area contributed by atoms with Crippen LogP contribution in [0.4, 0.5) is 11.6 Å². The molecule has 3 aromatic rings. The van der Waals surface area contributed by atoms with Crippen molar-refractivity contribution in [1.29, 1.82) is 0 Å². The third-order valence-corrected chi connectivity index (χ3v) is 4.55. The van der Waals surface area contributed by atoms with Gasteiger partial charge in [-0.05, 0) is 37.6 Å². The summed E-state index contributed by atoms with van der Waals surface area (Å²) in [6, 6.07) is 14.4. The zero-order chi connectivity index (χ0) is 16.1. The molecule has 23 heavy (non-hydrogen) atoms. The highest BCUT2D eigenvalue weighted by atomic mass is 32.2. The standard InChI is InChI=1S/C17H20N4OS/c1-3-13(2)21(14-8-5-4-6-9-14)16-18-17(20-19-16)23-12-15-10-7-11-22-15/h4-11,13H,3,12H2,1-2H3,(H,18,19,20). The summed E-state index contributed by atoms with van der Waals surface area (Å²) in [5.41, 5.74) is 1.10. The lowest BCUT2D eigenvalue weighted by Gasteiger charge is -2.27. The molecule has 3 rings (SSSR count). The molecule has 0 fully saturated rings. The van der Waals surface area contributed by atoms with Gasteiger partial charge in [0.25, 0.3) is 0 Å². The van der Waals surface area contributed by atoms with Crippen LogP contribution in [0.3, 0.4) is 0 Å². The largest absolute Gasteiger partial charge is 0.468 e. The van der Waals surface area contributed by atoms with Crippen LogP contribution in [0, 0.1) is 0 Å². The minimum absolute atomic E-state index is 0.316. The molecule has 0 saturated carbocycles. The maximum atomic E-state index is 5.34. The number of thioether (sulfide) groups is 1. The molecule has 120 valence electrons. The van der Waals surface area contributed by atoms with Crippen LogP contribution in [0.25, 0.3) is 0 Å². The lowest BCUT2D eigenvalue weighted by Crippen LogP contribution is -2.28. The predicted octanol–water partition coefficient (Wildman–Crippen LogP) is 4.63. The molecule has 6 heteroatoms. The normalized spacial score (nSPS) is 12.3. The highest BCUT2D eigenvalue weighted by molar-refractivity contribution is 7.98.